The van der Waals surface area contributed by atoms with E-state index in [1.165, 1.54) is 12.1 Å². The van der Waals surface area contributed by atoms with E-state index >= 15 is 0 Å². The number of hydrazone groups is 1. The zero-order chi connectivity index (χ0) is 22.1. The highest BCUT2D eigenvalue weighted by Gasteiger charge is 2.23. The van der Waals surface area contributed by atoms with E-state index in [1.807, 2.05) is 32.0 Å². The molecular formula is C19H16N8O4. The number of phenolic OH excluding ortho intramolecular Hbond substituents is 1. The van der Waals surface area contributed by atoms with Gasteiger partial charge in [-0.2, -0.15) is 5.10 Å². The molecule has 0 unspecified atom stereocenters. The molecular weight excluding hydrogens is 404 g/mol. The Kier molecular flexibility index (Phi) is 4.87. The smallest absolute Gasteiger partial charge is 0.270 e. The fraction of sp³-hybridized carbons (Fsp3) is 0.105. The summed E-state index contributed by atoms with van der Waals surface area (Å²) in [6.07, 6.45) is 0. The SMILES string of the molecule is Cc1cccc(Nc2nc3nonc3nc2C(=NN)c2cc([N+](=O)[O-])ccc2O)c1C. The van der Waals surface area contributed by atoms with Crippen LogP contribution in [0.2, 0.25) is 0 Å². The van der Waals surface area contributed by atoms with E-state index in [2.05, 4.69) is 30.7 Å². The van der Waals surface area contributed by atoms with Crippen molar-refractivity contribution < 1.29 is 14.7 Å². The van der Waals surface area contributed by atoms with Gasteiger partial charge in [-0.15, -0.1) is 0 Å². The zero-order valence-corrected chi connectivity index (χ0v) is 16.4. The Morgan fingerprint density at radius 3 is 2.65 bits per heavy atom. The predicted molar refractivity (Wildman–Crippen MR) is 111 cm³/mol. The van der Waals surface area contributed by atoms with Gasteiger partial charge in [0.2, 0.25) is 11.3 Å². The Labute approximate surface area is 174 Å². The lowest BCUT2D eigenvalue weighted by Crippen LogP contribution is -2.14. The third-order valence-corrected chi connectivity index (χ3v) is 4.77. The van der Waals surface area contributed by atoms with E-state index in [0.717, 1.165) is 22.9 Å². The Morgan fingerprint density at radius 2 is 1.94 bits per heavy atom. The maximum atomic E-state index is 11.2. The lowest BCUT2D eigenvalue weighted by molar-refractivity contribution is -0.384. The van der Waals surface area contributed by atoms with Gasteiger partial charge in [-0.3, -0.25) is 10.1 Å². The normalized spacial score (nSPS) is 11.6. The first-order chi connectivity index (χ1) is 14.9. The van der Waals surface area contributed by atoms with E-state index in [1.54, 1.807) is 0 Å². The van der Waals surface area contributed by atoms with Gasteiger partial charge < -0.3 is 16.3 Å². The summed E-state index contributed by atoms with van der Waals surface area (Å²) in [4.78, 5) is 19.4. The molecule has 0 bridgehead atoms. The summed E-state index contributed by atoms with van der Waals surface area (Å²) < 4.78 is 4.70. The third-order valence-electron chi connectivity index (χ3n) is 4.77. The summed E-state index contributed by atoms with van der Waals surface area (Å²) in [5.74, 6) is 5.55. The van der Waals surface area contributed by atoms with Crippen LogP contribution in [0.4, 0.5) is 17.2 Å². The van der Waals surface area contributed by atoms with Gasteiger partial charge in [-0.05, 0) is 47.4 Å². The van der Waals surface area contributed by atoms with Crippen molar-refractivity contribution in [1.82, 2.24) is 20.3 Å². The molecule has 0 radical (unpaired) electrons. The van der Waals surface area contributed by atoms with E-state index < -0.39 is 4.92 Å². The van der Waals surface area contributed by atoms with Gasteiger partial charge in [-0.25, -0.2) is 14.6 Å². The number of anilines is 2. The van der Waals surface area contributed by atoms with Crippen LogP contribution in [0.3, 0.4) is 0 Å². The predicted octanol–water partition coefficient (Wildman–Crippen LogP) is 2.70. The van der Waals surface area contributed by atoms with Gasteiger partial charge in [0.1, 0.15) is 17.2 Å². The van der Waals surface area contributed by atoms with Crippen molar-refractivity contribution >= 4 is 34.2 Å². The van der Waals surface area contributed by atoms with Gasteiger partial charge in [-0.1, -0.05) is 12.1 Å². The number of nitrogens with two attached hydrogens (primary N) is 1. The number of non-ortho nitro benzene ring substituents is 1. The fourth-order valence-electron chi connectivity index (χ4n) is 2.99. The number of nitro benzene ring substituents is 1. The fourth-order valence-corrected chi connectivity index (χ4v) is 2.99. The summed E-state index contributed by atoms with van der Waals surface area (Å²) in [7, 11) is 0. The van der Waals surface area contributed by atoms with Crippen molar-refractivity contribution in [3.63, 3.8) is 0 Å². The molecule has 156 valence electrons. The third kappa shape index (κ3) is 3.57. The van der Waals surface area contributed by atoms with Gasteiger partial charge in [0, 0.05) is 17.8 Å². The topological polar surface area (TPSA) is 178 Å². The Bertz CT molecular complexity index is 1350. The number of aryl methyl sites for hydroxylation is 1. The number of rotatable bonds is 5. The van der Waals surface area contributed by atoms with Crippen LogP contribution in [0, 0.1) is 24.0 Å². The van der Waals surface area contributed by atoms with E-state index in [0.29, 0.717) is 0 Å². The summed E-state index contributed by atoms with van der Waals surface area (Å²) in [5, 5.41) is 35.8. The number of nitrogens with zero attached hydrogens (tertiary/aromatic N) is 6. The molecule has 2 aromatic carbocycles. The number of nitro groups is 1. The molecule has 4 aromatic rings. The zero-order valence-electron chi connectivity index (χ0n) is 16.4. The highest BCUT2D eigenvalue weighted by Crippen LogP contribution is 2.30. The van der Waals surface area contributed by atoms with Crippen molar-refractivity contribution in [1.29, 1.82) is 0 Å². The van der Waals surface area contributed by atoms with Crippen molar-refractivity contribution in [3.8, 4) is 5.75 Å². The average Bonchev–Trinajstić information content (AvgIpc) is 3.20. The molecule has 4 N–H and O–H groups in total. The first-order valence-electron chi connectivity index (χ1n) is 8.98. The monoisotopic (exact) mass is 420 g/mol. The number of benzene rings is 2. The molecule has 0 saturated carbocycles. The molecule has 0 saturated heterocycles. The Balaban J connectivity index is 1.92. The molecule has 12 nitrogen and oxygen atoms in total. The van der Waals surface area contributed by atoms with E-state index in [4.69, 9.17) is 10.5 Å². The Hall–Kier alpha value is -4.61. The minimum Gasteiger partial charge on any atom is -0.507 e. The lowest BCUT2D eigenvalue weighted by atomic mass is 10.0. The number of hydrogen-bond donors (Lipinski definition) is 3. The maximum Gasteiger partial charge on any atom is 0.270 e. The van der Waals surface area contributed by atoms with Crippen molar-refractivity contribution in [2.45, 2.75) is 13.8 Å². The molecule has 0 fully saturated rings. The van der Waals surface area contributed by atoms with E-state index in [9.17, 15) is 15.2 Å². The van der Waals surface area contributed by atoms with Crippen LogP contribution in [-0.2, 0) is 0 Å². The molecule has 2 heterocycles. The minimum absolute atomic E-state index is 0.00539. The summed E-state index contributed by atoms with van der Waals surface area (Å²) >= 11 is 0. The standard InChI is InChI=1S/C19H16N8O4/c1-9-4-3-5-13(10(9)2)21-17-16(22-18-19(23-17)26-31-25-18)15(24-20)12-8-11(27(29)30)6-7-14(12)28/h3-8,28H,20H2,1-2H3,(H,21,23,26). The lowest BCUT2D eigenvalue weighted by Gasteiger charge is -2.14. The van der Waals surface area contributed by atoms with E-state index in [-0.39, 0.29) is 45.5 Å². The van der Waals surface area contributed by atoms with Gasteiger partial charge in [0.25, 0.3) is 5.69 Å². The molecule has 0 spiro atoms. The van der Waals surface area contributed by atoms with Crippen molar-refractivity contribution in [2.24, 2.45) is 10.9 Å². The molecule has 0 atom stereocenters. The second-order valence-corrected chi connectivity index (χ2v) is 6.64. The summed E-state index contributed by atoms with van der Waals surface area (Å²) in [6, 6.07) is 9.18. The molecule has 0 aliphatic heterocycles. The van der Waals surface area contributed by atoms with Gasteiger partial charge in [0.15, 0.2) is 5.82 Å². The summed E-state index contributed by atoms with van der Waals surface area (Å²) in [5.41, 5.74) is 2.79. The summed E-state index contributed by atoms with van der Waals surface area (Å²) in [6.45, 7) is 3.90. The number of aromatic nitrogens is 4. The van der Waals surface area contributed by atoms with Crippen LogP contribution in [0.5, 0.6) is 5.75 Å². The number of hydrogen-bond acceptors (Lipinski definition) is 11. The number of fused-ring (bicyclic) bond motifs is 1. The molecule has 0 aliphatic rings. The highest BCUT2D eigenvalue weighted by atomic mass is 16.6. The van der Waals surface area contributed by atoms with Crippen LogP contribution in [-0.4, -0.2) is 36.0 Å². The number of phenols is 1. The first kappa shape index (κ1) is 19.7. The molecule has 0 amide bonds. The van der Waals surface area contributed by atoms with Gasteiger partial charge in [0.05, 0.1) is 10.5 Å². The number of aromatic hydroxyl groups is 1. The minimum atomic E-state index is -0.594. The molecule has 31 heavy (non-hydrogen) atoms. The average molecular weight is 420 g/mol. The Morgan fingerprint density at radius 1 is 1.19 bits per heavy atom. The second kappa shape index (κ2) is 7.67. The molecule has 4 rings (SSSR count). The highest BCUT2D eigenvalue weighted by molar-refractivity contribution is 6.16. The van der Waals surface area contributed by atoms with Gasteiger partial charge >= 0.3 is 0 Å². The molecule has 0 aliphatic carbocycles. The van der Waals surface area contributed by atoms with Crippen LogP contribution < -0.4 is 11.2 Å². The number of nitrogens with one attached hydrogen (secondary N) is 1. The van der Waals surface area contributed by atoms with Crippen LogP contribution >= 0.6 is 0 Å². The van der Waals surface area contributed by atoms with Crippen molar-refractivity contribution in [3.05, 3.63) is 68.9 Å². The largest absolute Gasteiger partial charge is 0.507 e. The maximum absolute atomic E-state index is 11.2. The first-order valence-corrected chi connectivity index (χ1v) is 8.98. The molecule has 2 aromatic heterocycles. The molecule has 12 heteroatoms. The van der Waals surface area contributed by atoms with Crippen LogP contribution in [0.1, 0.15) is 22.4 Å². The van der Waals surface area contributed by atoms with Crippen LogP contribution in [0.15, 0.2) is 46.1 Å². The van der Waals surface area contributed by atoms with Crippen molar-refractivity contribution in [2.75, 3.05) is 5.32 Å². The quantitative estimate of drug-likeness (QED) is 0.188. The van der Waals surface area contributed by atoms with Crippen LogP contribution in [0.25, 0.3) is 11.3 Å². The second-order valence-electron chi connectivity index (χ2n) is 6.64.